The summed E-state index contributed by atoms with van der Waals surface area (Å²) in [6.07, 6.45) is 0. The minimum atomic E-state index is -0.387. The van der Waals surface area contributed by atoms with Crippen LogP contribution in [0.5, 0.6) is 0 Å². The molecule has 0 unspecified atom stereocenters. The highest BCUT2D eigenvalue weighted by Gasteiger charge is 2.14. The van der Waals surface area contributed by atoms with Gasteiger partial charge in [-0.3, -0.25) is 0 Å². The third-order valence-electron chi connectivity index (χ3n) is 2.07. The molecule has 0 aliphatic heterocycles. The van der Waals surface area contributed by atoms with Crippen LogP contribution in [0, 0.1) is 0 Å². The van der Waals surface area contributed by atoms with Crippen LogP contribution in [-0.2, 0) is 4.74 Å². The van der Waals surface area contributed by atoms with Gasteiger partial charge in [-0.15, -0.1) is 0 Å². The lowest BCUT2D eigenvalue weighted by atomic mass is 10.1. The summed E-state index contributed by atoms with van der Waals surface area (Å²) < 4.78 is 4.95. The Hall–Kier alpha value is -1.71. The van der Waals surface area contributed by atoms with Gasteiger partial charge in [-0.05, 0) is 45.9 Å². The predicted molar refractivity (Wildman–Crippen MR) is 70.2 cm³/mol. The number of hydrogen-bond donors (Lipinski definition) is 2. The molecule has 0 bridgehead atoms. The SMILES string of the molecule is CCOC(=O)c1cc(NC(C)(C)C)ccc1N. The number of anilines is 2. The van der Waals surface area contributed by atoms with E-state index in [1.165, 1.54) is 0 Å². The molecule has 0 radical (unpaired) electrons. The van der Waals surface area contributed by atoms with Gasteiger partial charge in [0.1, 0.15) is 0 Å². The Balaban J connectivity index is 2.98. The number of carbonyl (C=O) groups excluding carboxylic acids is 1. The molecular weight excluding hydrogens is 216 g/mol. The van der Waals surface area contributed by atoms with Gasteiger partial charge >= 0.3 is 5.97 Å². The number of nitrogens with two attached hydrogens (primary N) is 1. The van der Waals surface area contributed by atoms with Crippen LogP contribution in [0.2, 0.25) is 0 Å². The number of carbonyl (C=O) groups is 1. The lowest BCUT2D eigenvalue weighted by Crippen LogP contribution is -2.26. The van der Waals surface area contributed by atoms with Gasteiger partial charge < -0.3 is 15.8 Å². The molecule has 0 atom stereocenters. The van der Waals surface area contributed by atoms with Crippen LogP contribution in [0.25, 0.3) is 0 Å². The van der Waals surface area contributed by atoms with E-state index in [2.05, 4.69) is 5.32 Å². The summed E-state index contributed by atoms with van der Waals surface area (Å²) in [6.45, 7) is 8.26. The molecule has 0 fully saturated rings. The first kappa shape index (κ1) is 13.4. The zero-order valence-electron chi connectivity index (χ0n) is 10.8. The van der Waals surface area contributed by atoms with Crippen molar-refractivity contribution in [1.82, 2.24) is 0 Å². The van der Waals surface area contributed by atoms with E-state index in [-0.39, 0.29) is 11.5 Å². The highest BCUT2D eigenvalue weighted by atomic mass is 16.5. The summed E-state index contributed by atoms with van der Waals surface area (Å²) in [5.41, 5.74) is 7.38. The lowest BCUT2D eigenvalue weighted by Gasteiger charge is -2.22. The summed E-state index contributed by atoms with van der Waals surface area (Å²) in [5, 5.41) is 3.28. The predicted octanol–water partition coefficient (Wildman–Crippen LogP) is 2.66. The molecule has 0 aliphatic carbocycles. The topological polar surface area (TPSA) is 64.3 Å². The smallest absolute Gasteiger partial charge is 0.340 e. The van der Waals surface area contributed by atoms with Gasteiger partial charge in [0.05, 0.1) is 12.2 Å². The zero-order valence-corrected chi connectivity index (χ0v) is 10.8. The van der Waals surface area contributed by atoms with Gasteiger partial charge in [0.15, 0.2) is 0 Å². The molecule has 17 heavy (non-hydrogen) atoms. The number of rotatable bonds is 3. The maximum Gasteiger partial charge on any atom is 0.340 e. The summed E-state index contributed by atoms with van der Waals surface area (Å²) in [6, 6.07) is 5.28. The first-order valence-corrected chi connectivity index (χ1v) is 5.68. The fraction of sp³-hybridized carbons (Fsp3) is 0.462. The highest BCUT2D eigenvalue weighted by Crippen LogP contribution is 2.21. The van der Waals surface area contributed by atoms with E-state index in [9.17, 15) is 4.79 Å². The molecule has 1 rings (SSSR count). The first-order valence-electron chi connectivity index (χ1n) is 5.68. The molecule has 4 heteroatoms. The van der Waals surface area contributed by atoms with Gasteiger partial charge in [-0.1, -0.05) is 0 Å². The van der Waals surface area contributed by atoms with Crippen molar-refractivity contribution in [3.8, 4) is 0 Å². The average molecular weight is 236 g/mol. The lowest BCUT2D eigenvalue weighted by molar-refractivity contribution is 0.0527. The second-order valence-corrected chi connectivity index (χ2v) is 4.90. The van der Waals surface area contributed by atoms with Crippen molar-refractivity contribution in [2.24, 2.45) is 0 Å². The molecule has 1 aromatic carbocycles. The normalized spacial score (nSPS) is 11.1. The van der Waals surface area contributed by atoms with Gasteiger partial charge in [0, 0.05) is 16.9 Å². The minimum absolute atomic E-state index is 0.0674. The van der Waals surface area contributed by atoms with Crippen molar-refractivity contribution in [3.05, 3.63) is 23.8 Å². The zero-order chi connectivity index (χ0) is 13.1. The van der Waals surface area contributed by atoms with Crippen LogP contribution in [0.3, 0.4) is 0 Å². The molecule has 0 spiro atoms. The number of hydrogen-bond acceptors (Lipinski definition) is 4. The fourth-order valence-electron chi connectivity index (χ4n) is 1.45. The van der Waals surface area contributed by atoms with Gasteiger partial charge in [-0.2, -0.15) is 0 Å². The van der Waals surface area contributed by atoms with Crippen LogP contribution in [0.15, 0.2) is 18.2 Å². The van der Waals surface area contributed by atoms with E-state index in [1.807, 2.05) is 26.8 Å². The van der Waals surface area contributed by atoms with Gasteiger partial charge in [-0.25, -0.2) is 4.79 Å². The van der Waals surface area contributed by atoms with Gasteiger partial charge in [0.25, 0.3) is 0 Å². The van der Waals surface area contributed by atoms with Crippen molar-refractivity contribution >= 4 is 17.3 Å². The van der Waals surface area contributed by atoms with Crippen LogP contribution >= 0.6 is 0 Å². The van der Waals surface area contributed by atoms with E-state index in [0.717, 1.165) is 5.69 Å². The second kappa shape index (κ2) is 5.08. The highest BCUT2D eigenvalue weighted by molar-refractivity contribution is 5.96. The Labute approximate surface area is 102 Å². The van der Waals surface area contributed by atoms with Crippen LogP contribution in [0.1, 0.15) is 38.1 Å². The monoisotopic (exact) mass is 236 g/mol. The van der Waals surface area contributed by atoms with Crippen LogP contribution < -0.4 is 11.1 Å². The van der Waals surface area contributed by atoms with Crippen molar-refractivity contribution in [2.75, 3.05) is 17.7 Å². The largest absolute Gasteiger partial charge is 0.462 e. The van der Waals surface area contributed by atoms with E-state index in [1.54, 1.807) is 19.1 Å². The number of ether oxygens (including phenoxy) is 1. The summed E-state index contributed by atoms with van der Waals surface area (Å²) in [4.78, 5) is 11.7. The Kier molecular flexibility index (Phi) is 3.99. The van der Waals surface area contributed by atoms with Crippen molar-refractivity contribution in [2.45, 2.75) is 33.2 Å². The van der Waals surface area contributed by atoms with Crippen molar-refractivity contribution in [3.63, 3.8) is 0 Å². The fourth-order valence-corrected chi connectivity index (χ4v) is 1.45. The Morgan fingerprint density at radius 3 is 2.59 bits per heavy atom. The van der Waals surface area contributed by atoms with Gasteiger partial charge in [0.2, 0.25) is 0 Å². The third kappa shape index (κ3) is 3.98. The molecule has 0 aromatic heterocycles. The molecule has 1 aromatic rings. The summed E-state index contributed by atoms with van der Waals surface area (Å²) in [7, 11) is 0. The number of nitrogens with one attached hydrogen (secondary N) is 1. The van der Waals surface area contributed by atoms with Crippen LogP contribution in [-0.4, -0.2) is 18.1 Å². The molecule has 0 amide bonds. The van der Waals surface area contributed by atoms with E-state index in [4.69, 9.17) is 10.5 Å². The first-order chi connectivity index (χ1) is 7.83. The number of esters is 1. The standard InChI is InChI=1S/C13H20N2O2/c1-5-17-12(16)10-8-9(6-7-11(10)14)15-13(2,3)4/h6-8,15H,5,14H2,1-4H3. The molecule has 0 heterocycles. The molecule has 94 valence electrons. The third-order valence-corrected chi connectivity index (χ3v) is 2.07. The number of nitrogen functional groups attached to an aromatic ring is 1. The molecule has 0 aliphatic rings. The molecule has 0 saturated carbocycles. The van der Waals surface area contributed by atoms with Crippen LogP contribution in [0.4, 0.5) is 11.4 Å². The van der Waals surface area contributed by atoms with E-state index in [0.29, 0.717) is 17.9 Å². The molecular formula is C13H20N2O2. The summed E-state index contributed by atoms with van der Waals surface area (Å²) in [5.74, 6) is -0.387. The maximum atomic E-state index is 11.7. The Morgan fingerprint density at radius 2 is 2.06 bits per heavy atom. The second-order valence-electron chi connectivity index (χ2n) is 4.90. The quantitative estimate of drug-likeness (QED) is 0.625. The van der Waals surface area contributed by atoms with E-state index >= 15 is 0 Å². The molecule has 0 saturated heterocycles. The van der Waals surface area contributed by atoms with Crippen molar-refractivity contribution < 1.29 is 9.53 Å². The number of benzene rings is 1. The maximum absolute atomic E-state index is 11.7. The molecule has 4 nitrogen and oxygen atoms in total. The minimum Gasteiger partial charge on any atom is -0.462 e. The Bertz CT molecular complexity index is 408. The van der Waals surface area contributed by atoms with E-state index < -0.39 is 0 Å². The van der Waals surface area contributed by atoms with Crippen molar-refractivity contribution in [1.29, 1.82) is 0 Å². The Morgan fingerprint density at radius 1 is 1.41 bits per heavy atom. The molecule has 3 N–H and O–H groups in total. The summed E-state index contributed by atoms with van der Waals surface area (Å²) >= 11 is 0. The average Bonchev–Trinajstić information content (AvgIpc) is 2.19.